The van der Waals surface area contributed by atoms with E-state index in [1.807, 2.05) is 22.7 Å². The van der Waals surface area contributed by atoms with Gasteiger partial charge in [0.25, 0.3) is 0 Å². The average molecular weight is 449 g/mol. The summed E-state index contributed by atoms with van der Waals surface area (Å²) in [5, 5.41) is 0. The Hall–Kier alpha value is 0.222. The summed E-state index contributed by atoms with van der Waals surface area (Å²) in [6.07, 6.45) is 3.61. The van der Waals surface area contributed by atoms with Gasteiger partial charge in [-0.15, -0.1) is 0 Å². The molecule has 0 bridgehead atoms. The van der Waals surface area contributed by atoms with Crippen molar-refractivity contribution in [3.8, 4) is 0 Å². The average Bonchev–Trinajstić information content (AvgIpc) is 2.34. The Morgan fingerprint density at radius 2 is 2.25 bits per heavy atom. The molecule has 2 rings (SSSR count). The van der Waals surface area contributed by atoms with Crippen molar-refractivity contribution in [3.63, 3.8) is 0 Å². The molecule has 60 valence electrons. The van der Waals surface area contributed by atoms with E-state index < -0.39 is 0 Å². The van der Waals surface area contributed by atoms with Crippen LogP contribution in [0.4, 0.5) is 0 Å². The van der Waals surface area contributed by atoms with Crippen molar-refractivity contribution in [2.75, 3.05) is 0 Å². The number of hydrogen-bond donors (Lipinski definition) is 0. The van der Waals surface area contributed by atoms with Gasteiger partial charge < -0.3 is 11.8 Å². The topological polar surface area (TPSA) is 17.3 Å². The SMILES string of the molecule is Brc1cnc2cc[c-]cn12.[CH3-].[U+2]. The van der Waals surface area contributed by atoms with Crippen LogP contribution >= 0.6 is 15.9 Å². The molecule has 12 heavy (non-hydrogen) atoms. The van der Waals surface area contributed by atoms with Crippen LogP contribution in [-0.2, 0) is 0 Å². The summed E-state index contributed by atoms with van der Waals surface area (Å²) >= 11 is 3.35. The van der Waals surface area contributed by atoms with Crippen LogP contribution in [0.15, 0.2) is 29.1 Å². The van der Waals surface area contributed by atoms with Crippen molar-refractivity contribution < 1.29 is 31.1 Å². The molecular weight excluding hydrogens is 442 g/mol. The summed E-state index contributed by atoms with van der Waals surface area (Å²) in [5.41, 5.74) is 0.936. The largest absolute Gasteiger partial charge is 2.00 e. The Bertz CT molecular complexity index is 359. The standard InChI is InChI=1S/C7H4BrN2.CH3.U/c8-6-5-9-7-3-1-2-4-10(6)7;;/h1,3-5H;1H3;/q2*-1;+2. The maximum absolute atomic E-state index is 4.11. The van der Waals surface area contributed by atoms with Crippen molar-refractivity contribution in [2.45, 2.75) is 0 Å². The van der Waals surface area contributed by atoms with Crippen LogP contribution in [0.3, 0.4) is 0 Å². The zero-order valence-corrected chi connectivity index (χ0v) is 12.3. The summed E-state index contributed by atoms with van der Waals surface area (Å²) in [6.45, 7) is 0. The number of hydrogen-bond acceptors (Lipinski definition) is 1. The zero-order valence-electron chi connectivity index (χ0n) is 6.58. The minimum atomic E-state index is 0. The Morgan fingerprint density at radius 1 is 1.50 bits per heavy atom. The molecule has 2 nitrogen and oxygen atoms in total. The number of aromatic nitrogens is 2. The predicted molar refractivity (Wildman–Crippen MR) is 48.1 cm³/mol. The fourth-order valence-corrected chi connectivity index (χ4v) is 1.23. The van der Waals surface area contributed by atoms with Crippen LogP contribution in [0.5, 0.6) is 0 Å². The smallest absolute Gasteiger partial charge is 0.358 e. The third kappa shape index (κ3) is 2.13. The van der Waals surface area contributed by atoms with Crippen LogP contribution in [0.1, 0.15) is 0 Å². The fraction of sp³-hybridized carbons (Fsp3) is 0. The van der Waals surface area contributed by atoms with E-state index in [9.17, 15) is 0 Å². The summed E-state index contributed by atoms with van der Waals surface area (Å²) < 4.78 is 2.87. The van der Waals surface area contributed by atoms with Crippen molar-refractivity contribution in [1.29, 1.82) is 0 Å². The van der Waals surface area contributed by atoms with Gasteiger partial charge in [-0.2, -0.15) is 6.07 Å². The fourth-order valence-electron chi connectivity index (χ4n) is 0.845. The molecule has 0 aliphatic rings. The molecule has 0 N–H and O–H groups in total. The Kier molecular flexibility index (Phi) is 5.15. The second-order valence-electron chi connectivity index (χ2n) is 1.94. The Balaban J connectivity index is 0.000000605. The molecule has 0 saturated heterocycles. The first-order valence-corrected chi connectivity index (χ1v) is 3.66. The van der Waals surface area contributed by atoms with Crippen LogP contribution in [0.25, 0.3) is 5.65 Å². The second kappa shape index (κ2) is 5.06. The van der Waals surface area contributed by atoms with Crippen molar-refractivity contribution >= 4 is 21.6 Å². The van der Waals surface area contributed by atoms with E-state index in [0.717, 1.165) is 10.3 Å². The third-order valence-electron chi connectivity index (χ3n) is 1.31. The number of fused-ring (bicyclic) bond motifs is 1. The molecule has 2 heterocycles. The first-order chi connectivity index (χ1) is 4.88. The monoisotopic (exact) mass is 448 g/mol. The molecule has 0 unspecified atom stereocenters. The maximum atomic E-state index is 4.11. The van der Waals surface area contributed by atoms with Crippen LogP contribution in [0.2, 0.25) is 0 Å². The van der Waals surface area contributed by atoms with E-state index in [4.69, 9.17) is 0 Å². The molecule has 0 atom stereocenters. The summed E-state index contributed by atoms with van der Waals surface area (Å²) in [7, 11) is 0. The molecule has 4 heteroatoms. The summed E-state index contributed by atoms with van der Waals surface area (Å²) in [4.78, 5) is 4.11. The third-order valence-corrected chi connectivity index (χ3v) is 1.90. The van der Waals surface area contributed by atoms with Gasteiger partial charge in [-0.3, -0.25) is 4.98 Å². The molecule has 2 aromatic heterocycles. The molecule has 0 fully saturated rings. The van der Waals surface area contributed by atoms with Gasteiger partial charge >= 0.3 is 31.1 Å². The van der Waals surface area contributed by atoms with Crippen LogP contribution in [-0.4, -0.2) is 9.38 Å². The van der Waals surface area contributed by atoms with Gasteiger partial charge in [-0.1, -0.05) is 6.20 Å². The van der Waals surface area contributed by atoms with E-state index in [-0.39, 0.29) is 38.5 Å². The maximum Gasteiger partial charge on any atom is 2.00 e. The van der Waals surface area contributed by atoms with Gasteiger partial charge in [0, 0.05) is 0 Å². The minimum Gasteiger partial charge on any atom is -0.358 e. The molecule has 0 spiro atoms. The number of nitrogens with zero attached hydrogens (tertiary/aromatic N) is 2. The van der Waals surface area contributed by atoms with Crippen molar-refractivity contribution in [3.05, 3.63) is 42.6 Å². The van der Waals surface area contributed by atoms with Gasteiger partial charge in [0.1, 0.15) is 4.60 Å². The molecule has 0 amide bonds. The molecule has 2 aromatic rings. The van der Waals surface area contributed by atoms with Crippen molar-refractivity contribution in [1.82, 2.24) is 9.38 Å². The first kappa shape index (κ1) is 12.2. The van der Waals surface area contributed by atoms with Gasteiger partial charge in [-0.05, 0) is 15.9 Å². The van der Waals surface area contributed by atoms with Gasteiger partial charge in [-0.25, -0.2) is 12.1 Å². The number of halogens is 1. The second-order valence-corrected chi connectivity index (χ2v) is 2.75. The van der Waals surface area contributed by atoms with E-state index in [1.54, 1.807) is 6.20 Å². The van der Waals surface area contributed by atoms with E-state index >= 15 is 0 Å². The zero-order chi connectivity index (χ0) is 6.97. The van der Waals surface area contributed by atoms with Gasteiger partial charge in [0.05, 0.1) is 11.8 Å². The molecule has 0 aromatic carbocycles. The summed E-state index contributed by atoms with van der Waals surface area (Å²) in [6, 6.07) is 6.70. The van der Waals surface area contributed by atoms with Crippen LogP contribution < -0.4 is 0 Å². The predicted octanol–water partition coefficient (Wildman–Crippen LogP) is 2.35. The quantitative estimate of drug-likeness (QED) is 0.565. The van der Waals surface area contributed by atoms with Crippen molar-refractivity contribution in [2.24, 2.45) is 0 Å². The molecular formula is C8H7BrN2U. The molecule has 0 aliphatic carbocycles. The van der Waals surface area contributed by atoms with Gasteiger partial charge in [0.2, 0.25) is 0 Å². The first-order valence-electron chi connectivity index (χ1n) is 2.86. The minimum absolute atomic E-state index is 0. The molecule has 0 aliphatic heterocycles. The Labute approximate surface area is 104 Å². The normalized spacial score (nSPS) is 8.75. The molecule has 0 radical (unpaired) electrons. The number of imidazole rings is 1. The van der Waals surface area contributed by atoms with Gasteiger partial charge in [0.15, 0.2) is 0 Å². The van der Waals surface area contributed by atoms with E-state index in [1.165, 1.54) is 0 Å². The van der Waals surface area contributed by atoms with E-state index in [2.05, 4.69) is 27.0 Å². The van der Waals surface area contributed by atoms with E-state index in [0.29, 0.717) is 0 Å². The number of rotatable bonds is 0. The summed E-state index contributed by atoms with van der Waals surface area (Å²) in [5.74, 6) is 0. The van der Waals surface area contributed by atoms with Crippen LogP contribution in [0, 0.1) is 44.6 Å². The Morgan fingerprint density at radius 3 is 2.92 bits per heavy atom. The number of pyridine rings is 1. The molecule has 0 saturated carbocycles.